The van der Waals surface area contributed by atoms with E-state index in [0.29, 0.717) is 0 Å². The normalized spacial score (nSPS) is 14.1. The van der Waals surface area contributed by atoms with E-state index in [0.717, 1.165) is 23.3 Å². The summed E-state index contributed by atoms with van der Waals surface area (Å²) in [6, 6.07) is 7.59. The van der Waals surface area contributed by atoms with Crippen LogP contribution >= 0.6 is 0 Å². The molecular weight excluding hydrogens is 212 g/mol. The summed E-state index contributed by atoms with van der Waals surface area (Å²) < 4.78 is 5.07. The molecule has 0 unspecified atom stereocenters. The number of benzene rings is 1. The summed E-state index contributed by atoms with van der Waals surface area (Å²) in [7, 11) is 1.63. The summed E-state index contributed by atoms with van der Waals surface area (Å²) in [6.45, 7) is 0. The molecule has 17 heavy (non-hydrogen) atoms. The van der Waals surface area contributed by atoms with Gasteiger partial charge < -0.3 is 4.74 Å². The summed E-state index contributed by atoms with van der Waals surface area (Å²) in [5, 5.41) is 0. The molecule has 0 radical (unpaired) electrons. The Bertz CT molecular complexity index is 490. The third kappa shape index (κ3) is 2.94. The van der Waals surface area contributed by atoms with E-state index in [1.54, 1.807) is 13.2 Å². The van der Waals surface area contributed by atoms with E-state index >= 15 is 0 Å². The van der Waals surface area contributed by atoms with Gasteiger partial charge in [0.1, 0.15) is 5.75 Å². The Morgan fingerprint density at radius 2 is 2.06 bits per heavy atom. The van der Waals surface area contributed by atoms with E-state index in [1.807, 2.05) is 48.6 Å². The molecule has 2 heteroatoms. The smallest absolute Gasteiger partial charge is 0.182 e. The van der Waals surface area contributed by atoms with E-state index in [2.05, 4.69) is 0 Å². The van der Waals surface area contributed by atoms with Gasteiger partial charge in [0, 0.05) is 5.57 Å². The van der Waals surface area contributed by atoms with Crippen molar-refractivity contribution >= 4 is 11.9 Å². The fraction of sp³-hybridized carbons (Fsp3) is 0.133. The number of ketones is 1. The first-order valence-electron chi connectivity index (χ1n) is 5.52. The molecule has 0 bridgehead atoms. The van der Waals surface area contributed by atoms with Crippen LogP contribution in [0, 0.1) is 0 Å². The molecule has 1 aromatic rings. The second kappa shape index (κ2) is 5.30. The first-order valence-corrected chi connectivity index (χ1v) is 5.52. The Labute approximate surface area is 101 Å². The third-order valence-electron chi connectivity index (χ3n) is 2.63. The van der Waals surface area contributed by atoms with Crippen LogP contribution in [0.25, 0.3) is 6.08 Å². The molecule has 1 aliphatic rings. The van der Waals surface area contributed by atoms with Crippen LogP contribution in [-0.4, -0.2) is 12.9 Å². The van der Waals surface area contributed by atoms with Gasteiger partial charge in [0.2, 0.25) is 0 Å². The maximum atomic E-state index is 11.7. The predicted molar refractivity (Wildman–Crippen MR) is 68.9 cm³/mol. The Balaban J connectivity index is 2.02. The summed E-state index contributed by atoms with van der Waals surface area (Å²) in [4.78, 5) is 11.7. The standard InChI is InChI=1S/C15H14O2/c1-17-14-9-6-12(7-10-14)8-11-15(16)13-4-2-3-5-13/h2-4,6-11H,5H2,1H3/b11-8+. The van der Waals surface area contributed by atoms with E-state index in [1.165, 1.54) is 0 Å². The molecule has 2 rings (SSSR count). The van der Waals surface area contributed by atoms with Gasteiger partial charge in [0.05, 0.1) is 7.11 Å². The Morgan fingerprint density at radius 3 is 2.65 bits per heavy atom. The first-order chi connectivity index (χ1) is 8.29. The van der Waals surface area contributed by atoms with Crippen LogP contribution in [0.15, 0.2) is 54.1 Å². The van der Waals surface area contributed by atoms with Gasteiger partial charge in [0.15, 0.2) is 5.78 Å². The fourth-order valence-electron chi connectivity index (χ4n) is 1.62. The summed E-state index contributed by atoms with van der Waals surface area (Å²) in [6.07, 6.45) is 9.93. The SMILES string of the molecule is COc1ccc(/C=C/C(=O)C2=CC=CC2)cc1. The van der Waals surface area contributed by atoms with Gasteiger partial charge in [-0.15, -0.1) is 0 Å². The summed E-state index contributed by atoms with van der Waals surface area (Å²) >= 11 is 0. The lowest BCUT2D eigenvalue weighted by atomic mass is 10.1. The van der Waals surface area contributed by atoms with Crippen molar-refractivity contribution in [2.24, 2.45) is 0 Å². The highest BCUT2D eigenvalue weighted by atomic mass is 16.5. The number of methoxy groups -OCH3 is 1. The molecular formula is C15H14O2. The quantitative estimate of drug-likeness (QED) is 0.737. The van der Waals surface area contributed by atoms with E-state index in [4.69, 9.17) is 4.74 Å². The average molecular weight is 226 g/mol. The Hall–Kier alpha value is -2.09. The number of hydrogen-bond donors (Lipinski definition) is 0. The minimum atomic E-state index is 0.0748. The number of rotatable bonds is 4. The van der Waals surface area contributed by atoms with Crippen LogP contribution in [0.2, 0.25) is 0 Å². The van der Waals surface area contributed by atoms with Gasteiger partial charge in [-0.1, -0.05) is 36.4 Å². The lowest BCUT2D eigenvalue weighted by molar-refractivity contribution is -0.111. The largest absolute Gasteiger partial charge is 0.497 e. The number of ether oxygens (including phenoxy) is 1. The van der Waals surface area contributed by atoms with Gasteiger partial charge in [-0.25, -0.2) is 0 Å². The molecule has 0 aliphatic heterocycles. The fourth-order valence-corrected chi connectivity index (χ4v) is 1.62. The molecule has 0 heterocycles. The molecule has 86 valence electrons. The zero-order chi connectivity index (χ0) is 12.1. The first kappa shape index (κ1) is 11.4. The minimum absolute atomic E-state index is 0.0748. The minimum Gasteiger partial charge on any atom is -0.497 e. The maximum Gasteiger partial charge on any atom is 0.182 e. The molecule has 1 aromatic carbocycles. The van der Waals surface area contributed by atoms with E-state index in [9.17, 15) is 4.79 Å². The van der Waals surface area contributed by atoms with Gasteiger partial charge >= 0.3 is 0 Å². The highest BCUT2D eigenvalue weighted by Gasteiger charge is 2.06. The van der Waals surface area contributed by atoms with Crippen molar-refractivity contribution in [2.75, 3.05) is 7.11 Å². The molecule has 2 nitrogen and oxygen atoms in total. The monoisotopic (exact) mass is 226 g/mol. The number of hydrogen-bond acceptors (Lipinski definition) is 2. The van der Waals surface area contributed by atoms with Gasteiger partial charge in [-0.05, 0) is 30.2 Å². The molecule has 0 saturated carbocycles. The van der Waals surface area contributed by atoms with Crippen molar-refractivity contribution < 1.29 is 9.53 Å². The number of carbonyl (C=O) groups is 1. The van der Waals surface area contributed by atoms with E-state index < -0.39 is 0 Å². The van der Waals surface area contributed by atoms with Crippen LogP contribution in [0.4, 0.5) is 0 Å². The zero-order valence-corrected chi connectivity index (χ0v) is 9.72. The van der Waals surface area contributed by atoms with Crippen molar-refractivity contribution in [2.45, 2.75) is 6.42 Å². The van der Waals surface area contributed by atoms with Crippen LogP contribution in [0.1, 0.15) is 12.0 Å². The van der Waals surface area contributed by atoms with Gasteiger partial charge in [0.25, 0.3) is 0 Å². The summed E-state index contributed by atoms with van der Waals surface area (Å²) in [5.41, 5.74) is 1.83. The number of carbonyl (C=O) groups excluding carboxylic acids is 1. The van der Waals surface area contributed by atoms with Crippen LogP contribution in [0.3, 0.4) is 0 Å². The van der Waals surface area contributed by atoms with Crippen molar-refractivity contribution in [1.29, 1.82) is 0 Å². The van der Waals surface area contributed by atoms with Gasteiger partial charge in [-0.2, -0.15) is 0 Å². The maximum absolute atomic E-state index is 11.7. The second-order valence-corrected chi connectivity index (χ2v) is 3.79. The molecule has 1 aliphatic carbocycles. The summed E-state index contributed by atoms with van der Waals surface area (Å²) in [5.74, 6) is 0.891. The lowest BCUT2D eigenvalue weighted by Gasteiger charge is -1.99. The predicted octanol–water partition coefficient (Wildman–Crippen LogP) is 3.16. The van der Waals surface area contributed by atoms with Crippen molar-refractivity contribution in [3.05, 3.63) is 59.7 Å². The van der Waals surface area contributed by atoms with Crippen molar-refractivity contribution in [3.8, 4) is 5.75 Å². The van der Waals surface area contributed by atoms with Crippen molar-refractivity contribution in [3.63, 3.8) is 0 Å². The lowest BCUT2D eigenvalue weighted by Crippen LogP contribution is -1.94. The van der Waals surface area contributed by atoms with Crippen LogP contribution in [-0.2, 0) is 4.79 Å². The number of allylic oxidation sites excluding steroid dienone is 5. The topological polar surface area (TPSA) is 26.3 Å². The van der Waals surface area contributed by atoms with Crippen molar-refractivity contribution in [1.82, 2.24) is 0 Å². The highest BCUT2D eigenvalue weighted by molar-refractivity contribution is 6.07. The van der Waals surface area contributed by atoms with Crippen LogP contribution in [0.5, 0.6) is 5.75 Å². The molecule has 0 amide bonds. The van der Waals surface area contributed by atoms with Gasteiger partial charge in [-0.3, -0.25) is 4.79 Å². The van der Waals surface area contributed by atoms with Crippen LogP contribution < -0.4 is 4.74 Å². The highest BCUT2D eigenvalue weighted by Crippen LogP contribution is 2.15. The molecule has 0 saturated heterocycles. The molecule has 0 atom stereocenters. The molecule has 0 N–H and O–H groups in total. The average Bonchev–Trinajstić information content (AvgIpc) is 2.90. The third-order valence-corrected chi connectivity index (χ3v) is 2.63. The zero-order valence-electron chi connectivity index (χ0n) is 9.72. The second-order valence-electron chi connectivity index (χ2n) is 3.79. The van der Waals surface area contributed by atoms with E-state index in [-0.39, 0.29) is 5.78 Å². The molecule has 0 aromatic heterocycles. The molecule has 0 spiro atoms. The Kier molecular flexibility index (Phi) is 3.55. The Morgan fingerprint density at radius 1 is 1.29 bits per heavy atom. The molecule has 0 fully saturated rings.